The number of urea groups is 1. The van der Waals surface area contributed by atoms with Crippen LogP contribution in [0, 0.1) is 16.7 Å². The van der Waals surface area contributed by atoms with E-state index in [4.69, 9.17) is 23.3 Å². The van der Waals surface area contributed by atoms with E-state index < -0.39 is 17.6 Å². The van der Waals surface area contributed by atoms with Gasteiger partial charge in [0.15, 0.2) is 5.71 Å². The SMILES string of the molecule is [B]c1cc(NC(=O)NC(=O)C(=N)C#N)cc(Br)c1Oc1ccc2c(c1)ncn2C. The molecule has 29 heavy (non-hydrogen) atoms. The molecule has 1 aromatic heterocycles. The Labute approximate surface area is 174 Å². The van der Waals surface area contributed by atoms with Crippen LogP contribution in [-0.4, -0.2) is 35.0 Å². The third kappa shape index (κ3) is 4.44. The van der Waals surface area contributed by atoms with Crippen molar-refractivity contribution in [1.29, 1.82) is 10.7 Å². The highest BCUT2D eigenvalue weighted by atomic mass is 79.9. The molecule has 142 valence electrons. The fourth-order valence-corrected chi connectivity index (χ4v) is 3.03. The van der Waals surface area contributed by atoms with Crippen LogP contribution in [-0.2, 0) is 11.8 Å². The van der Waals surface area contributed by atoms with Gasteiger partial charge in [0.2, 0.25) is 0 Å². The zero-order chi connectivity index (χ0) is 21.1. The lowest BCUT2D eigenvalue weighted by Gasteiger charge is -2.14. The summed E-state index contributed by atoms with van der Waals surface area (Å²) in [7, 11) is 7.93. The number of benzene rings is 2. The van der Waals surface area contributed by atoms with Crippen LogP contribution in [0.1, 0.15) is 0 Å². The van der Waals surface area contributed by atoms with Gasteiger partial charge in [0.05, 0.1) is 21.8 Å². The quantitative estimate of drug-likeness (QED) is 0.413. The molecule has 2 radical (unpaired) electrons. The van der Waals surface area contributed by atoms with E-state index in [1.54, 1.807) is 18.5 Å². The third-order valence-corrected chi connectivity index (χ3v) is 4.40. The molecule has 1 heterocycles. The van der Waals surface area contributed by atoms with Crippen molar-refractivity contribution >= 4 is 63.6 Å². The molecular weight excluding hydrogens is 439 g/mol. The molecule has 0 unspecified atom stereocenters. The minimum Gasteiger partial charge on any atom is -0.457 e. The second kappa shape index (κ2) is 8.16. The highest BCUT2D eigenvalue weighted by molar-refractivity contribution is 9.10. The first kappa shape index (κ1) is 20.1. The van der Waals surface area contributed by atoms with E-state index >= 15 is 0 Å². The highest BCUT2D eigenvalue weighted by Crippen LogP contribution is 2.31. The van der Waals surface area contributed by atoms with Gasteiger partial charge in [-0.15, -0.1) is 0 Å². The average molecular weight is 451 g/mol. The zero-order valence-corrected chi connectivity index (χ0v) is 16.6. The Bertz CT molecular complexity index is 1180. The largest absolute Gasteiger partial charge is 0.457 e. The molecule has 0 spiro atoms. The minimum atomic E-state index is -1.11. The fourth-order valence-electron chi connectivity index (χ4n) is 2.47. The van der Waals surface area contributed by atoms with Crippen LogP contribution in [0.3, 0.4) is 0 Å². The second-order valence-corrected chi connectivity index (χ2v) is 6.73. The number of hydrogen-bond acceptors (Lipinski definition) is 6. The number of amides is 3. The lowest BCUT2D eigenvalue weighted by Crippen LogP contribution is -2.38. The highest BCUT2D eigenvalue weighted by Gasteiger charge is 2.15. The summed E-state index contributed by atoms with van der Waals surface area (Å²) < 4.78 is 8.21. The van der Waals surface area contributed by atoms with Crippen LogP contribution in [0.15, 0.2) is 41.1 Å². The first-order valence-corrected chi connectivity index (χ1v) is 8.86. The molecular formula is C18H12BBrN6O3. The van der Waals surface area contributed by atoms with Crippen LogP contribution in [0.2, 0.25) is 0 Å². The molecule has 3 N–H and O–H groups in total. The number of aryl methyl sites for hydroxylation is 1. The Morgan fingerprint density at radius 2 is 2.10 bits per heavy atom. The van der Waals surface area contributed by atoms with E-state index in [0.717, 1.165) is 11.0 Å². The van der Waals surface area contributed by atoms with Crippen LogP contribution in [0.25, 0.3) is 11.0 Å². The second-order valence-electron chi connectivity index (χ2n) is 5.88. The van der Waals surface area contributed by atoms with Gasteiger partial charge in [0, 0.05) is 18.8 Å². The van der Waals surface area contributed by atoms with Crippen molar-refractivity contribution in [2.75, 3.05) is 5.32 Å². The Morgan fingerprint density at radius 3 is 2.79 bits per heavy atom. The summed E-state index contributed by atoms with van der Waals surface area (Å²) in [6.07, 6.45) is 1.70. The number of anilines is 1. The van der Waals surface area contributed by atoms with Crippen molar-refractivity contribution in [2.24, 2.45) is 7.05 Å². The number of imidazole rings is 1. The van der Waals surface area contributed by atoms with E-state index in [1.807, 2.05) is 23.0 Å². The molecule has 0 aliphatic carbocycles. The Kier molecular flexibility index (Phi) is 5.65. The van der Waals surface area contributed by atoms with Gasteiger partial charge in [0.25, 0.3) is 5.91 Å². The first-order valence-electron chi connectivity index (χ1n) is 8.07. The van der Waals surface area contributed by atoms with E-state index in [9.17, 15) is 9.59 Å². The number of nitrogens with one attached hydrogen (secondary N) is 3. The molecule has 0 atom stereocenters. The van der Waals surface area contributed by atoms with Gasteiger partial charge in [-0.25, -0.2) is 9.78 Å². The number of hydrogen-bond donors (Lipinski definition) is 3. The normalized spacial score (nSPS) is 10.2. The van der Waals surface area contributed by atoms with Crippen molar-refractivity contribution in [2.45, 2.75) is 0 Å². The van der Waals surface area contributed by atoms with Gasteiger partial charge >= 0.3 is 6.03 Å². The molecule has 0 bridgehead atoms. The molecule has 3 rings (SSSR count). The number of aromatic nitrogens is 2. The molecule has 2 aromatic carbocycles. The number of ether oxygens (including phenoxy) is 1. The van der Waals surface area contributed by atoms with Gasteiger partial charge in [-0.2, -0.15) is 5.26 Å². The molecule has 0 saturated carbocycles. The smallest absolute Gasteiger partial charge is 0.326 e. The number of carbonyl (C=O) groups is 2. The number of nitrogens with zero attached hydrogens (tertiary/aromatic N) is 3. The minimum absolute atomic E-state index is 0.229. The molecule has 3 aromatic rings. The number of imide groups is 1. The molecule has 0 aliphatic heterocycles. The summed E-state index contributed by atoms with van der Waals surface area (Å²) in [5, 5.41) is 19.8. The van der Waals surface area contributed by atoms with Crippen LogP contribution in [0.5, 0.6) is 11.5 Å². The Balaban J connectivity index is 1.76. The lowest BCUT2D eigenvalue weighted by atomic mass is 9.94. The van der Waals surface area contributed by atoms with Crippen LogP contribution >= 0.6 is 15.9 Å². The van der Waals surface area contributed by atoms with E-state index in [2.05, 4.69) is 26.2 Å². The number of carbonyl (C=O) groups excluding carboxylic acids is 2. The van der Waals surface area contributed by atoms with Crippen molar-refractivity contribution in [3.63, 3.8) is 0 Å². The number of halogens is 1. The maximum atomic E-state index is 11.8. The zero-order valence-electron chi connectivity index (χ0n) is 15.0. The van der Waals surface area contributed by atoms with Crippen molar-refractivity contribution in [1.82, 2.24) is 14.9 Å². The standard InChI is InChI=1S/C18H12BBrN6O3/c1-26-8-23-14-6-10(2-3-15(14)26)29-16-11(19)4-9(5-12(16)20)24-18(28)25-17(27)13(22)7-21/h2-6,8,22H,1H3,(H2,24,25,27,28). The monoisotopic (exact) mass is 450 g/mol. The van der Waals surface area contributed by atoms with Crippen molar-refractivity contribution < 1.29 is 14.3 Å². The maximum Gasteiger partial charge on any atom is 0.326 e. The fraction of sp³-hybridized carbons (Fsp3) is 0.0556. The van der Waals surface area contributed by atoms with Gasteiger partial charge in [-0.3, -0.25) is 15.5 Å². The summed E-state index contributed by atoms with van der Waals surface area (Å²) in [5.41, 5.74) is 1.34. The van der Waals surface area contributed by atoms with Gasteiger partial charge < -0.3 is 14.6 Å². The van der Waals surface area contributed by atoms with Crippen molar-refractivity contribution in [3.05, 3.63) is 41.1 Å². The maximum absolute atomic E-state index is 11.8. The molecule has 3 amide bonds. The van der Waals surface area contributed by atoms with Crippen LogP contribution in [0.4, 0.5) is 10.5 Å². The number of nitriles is 1. The van der Waals surface area contributed by atoms with Crippen molar-refractivity contribution in [3.8, 4) is 17.6 Å². The summed E-state index contributed by atoms with van der Waals surface area (Å²) in [6, 6.07) is 8.84. The summed E-state index contributed by atoms with van der Waals surface area (Å²) >= 11 is 3.34. The molecule has 0 fully saturated rings. The van der Waals surface area contributed by atoms with E-state index in [1.165, 1.54) is 18.2 Å². The summed E-state index contributed by atoms with van der Waals surface area (Å²) in [6.45, 7) is 0. The van der Waals surface area contributed by atoms with Gasteiger partial charge in [-0.05, 0) is 40.2 Å². The average Bonchev–Trinajstić information content (AvgIpc) is 3.04. The van der Waals surface area contributed by atoms with Crippen LogP contribution < -0.4 is 20.8 Å². The molecule has 0 saturated heterocycles. The summed E-state index contributed by atoms with van der Waals surface area (Å²) in [5.74, 6) is -0.238. The molecule has 9 nitrogen and oxygen atoms in total. The first-order chi connectivity index (χ1) is 13.8. The Morgan fingerprint density at radius 1 is 1.34 bits per heavy atom. The molecule has 11 heteroatoms. The predicted octanol–water partition coefficient (Wildman–Crippen LogP) is 2.11. The number of rotatable bonds is 4. The Hall–Kier alpha value is -3.65. The topological polar surface area (TPSA) is 133 Å². The molecule has 0 aliphatic rings. The summed E-state index contributed by atoms with van der Waals surface area (Å²) in [4.78, 5) is 27.5. The third-order valence-electron chi connectivity index (χ3n) is 3.81. The van der Waals surface area contributed by atoms with Gasteiger partial charge in [-0.1, -0.05) is 5.46 Å². The number of fused-ring (bicyclic) bond motifs is 1. The van der Waals surface area contributed by atoms with E-state index in [0.29, 0.717) is 16.0 Å². The lowest BCUT2D eigenvalue weighted by molar-refractivity contribution is -0.113. The van der Waals surface area contributed by atoms with E-state index in [-0.39, 0.29) is 11.2 Å². The van der Waals surface area contributed by atoms with Gasteiger partial charge in [0.1, 0.15) is 25.4 Å². The predicted molar refractivity (Wildman–Crippen MR) is 111 cm³/mol.